The SMILES string of the molecule is CNC(CCc1cnn(C)c1)C1CC1C. The van der Waals surface area contributed by atoms with Gasteiger partial charge in [0, 0.05) is 19.3 Å². The minimum atomic E-state index is 0.695. The first-order valence-electron chi connectivity index (χ1n) is 5.85. The Morgan fingerprint density at radius 2 is 2.40 bits per heavy atom. The molecule has 1 saturated carbocycles. The number of hydrogen-bond acceptors (Lipinski definition) is 2. The Kier molecular flexibility index (Phi) is 3.10. The van der Waals surface area contributed by atoms with Gasteiger partial charge >= 0.3 is 0 Å². The second kappa shape index (κ2) is 4.35. The molecule has 15 heavy (non-hydrogen) atoms. The lowest BCUT2D eigenvalue weighted by Gasteiger charge is -2.14. The summed E-state index contributed by atoms with van der Waals surface area (Å²) in [5.41, 5.74) is 1.35. The Balaban J connectivity index is 1.81. The predicted octanol–water partition coefficient (Wildman–Crippen LogP) is 1.60. The molecule has 0 spiro atoms. The summed E-state index contributed by atoms with van der Waals surface area (Å²) in [5.74, 6) is 1.84. The van der Waals surface area contributed by atoms with Gasteiger partial charge in [-0.3, -0.25) is 4.68 Å². The molecule has 3 atom stereocenters. The van der Waals surface area contributed by atoms with Gasteiger partial charge in [-0.25, -0.2) is 0 Å². The second-order valence-electron chi connectivity index (χ2n) is 4.83. The van der Waals surface area contributed by atoms with Crippen LogP contribution < -0.4 is 5.32 Å². The minimum Gasteiger partial charge on any atom is -0.317 e. The Morgan fingerprint density at radius 3 is 2.87 bits per heavy atom. The Morgan fingerprint density at radius 1 is 1.67 bits per heavy atom. The van der Waals surface area contributed by atoms with E-state index in [2.05, 4.69) is 30.6 Å². The van der Waals surface area contributed by atoms with Crippen molar-refractivity contribution in [3.8, 4) is 0 Å². The number of nitrogens with one attached hydrogen (secondary N) is 1. The van der Waals surface area contributed by atoms with Crippen LogP contribution in [0.25, 0.3) is 0 Å². The van der Waals surface area contributed by atoms with E-state index in [0.29, 0.717) is 6.04 Å². The summed E-state index contributed by atoms with van der Waals surface area (Å²) >= 11 is 0. The van der Waals surface area contributed by atoms with Crippen LogP contribution >= 0.6 is 0 Å². The standard InChI is InChI=1S/C12H21N3/c1-9-6-11(9)12(13-2)5-4-10-7-14-15(3)8-10/h7-9,11-13H,4-6H2,1-3H3. The molecule has 1 aromatic rings. The van der Waals surface area contributed by atoms with Gasteiger partial charge in [0.15, 0.2) is 0 Å². The van der Waals surface area contributed by atoms with Crippen LogP contribution in [0.1, 0.15) is 25.3 Å². The van der Waals surface area contributed by atoms with Crippen molar-refractivity contribution in [2.45, 2.75) is 32.2 Å². The van der Waals surface area contributed by atoms with Crippen LogP contribution in [0, 0.1) is 11.8 Å². The van der Waals surface area contributed by atoms with Gasteiger partial charge < -0.3 is 5.32 Å². The third kappa shape index (κ3) is 2.59. The molecule has 0 aromatic carbocycles. The van der Waals surface area contributed by atoms with Crippen LogP contribution in [0.2, 0.25) is 0 Å². The zero-order valence-corrected chi connectivity index (χ0v) is 9.90. The van der Waals surface area contributed by atoms with Gasteiger partial charge in [-0.15, -0.1) is 0 Å². The van der Waals surface area contributed by atoms with Crippen LogP contribution in [0.3, 0.4) is 0 Å². The Labute approximate surface area is 91.9 Å². The van der Waals surface area contributed by atoms with Crippen LogP contribution in [-0.4, -0.2) is 22.9 Å². The number of hydrogen-bond donors (Lipinski definition) is 1. The zero-order chi connectivity index (χ0) is 10.8. The van der Waals surface area contributed by atoms with E-state index in [1.165, 1.54) is 18.4 Å². The van der Waals surface area contributed by atoms with Crippen molar-refractivity contribution in [3.05, 3.63) is 18.0 Å². The number of nitrogens with zero attached hydrogens (tertiary/aromatic N) is 2. The monoisotopic (exact) mass is 207 g/mol. The van der Waals surface area contributed by atoms with Crippen molar-refractivity contribution < 1.29 is 0 Å². The van der Waals surface area contributed by atoms with E-state index < -0.39 is 0 Å². The highest BCUT2D eigenvalue weighted by Gasteiger charge is 2.38. The molecule has 3 heteroatoms. The summed E-state index contributed by atoms with van der Waals surface area (Å²) in [6, 6.07) is 0.695. The smallest absolute Gasteiger partial charge is 0.0521 e. The molecule has 1 aliphatic rings. The van der Waals surface area contributed by atoms with Crippen LogP contribution in [0.4, 0.5) is 0 Å². The number of aryl methyl sites for hydroxylation is 2. The molecule has 0 aliphatic heterocycles. The first kappa shape index (κ1) is 10.7. The van der Waals surface area contributed by atoms with E-state index in [0.717, 1.165) is 18.3 Å². The van der Waals surface area contributed by atoms with Crippen molar-refractivity contribution in [1.29, 1.82) is 0 Å². The summed E-state index contributed by atoms with van der Waals surface area (Å²) < 4.78 is 1.88. The van der Waals surface area contributed by atoms with Gasteiger partial charge in [-0.05, 0) is 43.7 Å². The highest BCUT2D eigenvalue weighted by molar-refractivity contribution is 5.05. The van der Waals surface area contributed by atoms with Crippen molar-refractivity contribution in [2.75, 3.05) is 7.05 Å². The van der Waals surface area contributed by atoms with Crippen LogP contribution in [-0.2, 0) is 13.5 Å². The van der Waals surface area contributed by atoms with Crippen LogP contribution in [0.15, 0.2) is 12.4 Å². The van der Waals surface area contributed by atoms with E-state index in [4.69, 9.17) is 0 Å². The molecule has 3 unspecified atom stereocenters. The Hall–Kier alpha value is -0.830. The Bertz CT molecular complexity index is 318. The molecule has 1 aliphatic carbocycles. The fraction of sp³-hybridized carbons (Fsp3) is 0.750. The summed E-state index contributed by atoms with van der Waals surface area (Å²) in [4.78, 5) is 0. The third-order valence-corrected chi connectivity index (χ3v) is 3.56. The first-order chi connectivity index (χ1) is 7.20. The lowest BCUT2D eigenvalue weighted by atomic mass is 10.0. The van der Waals surface area contributed by atoms with Crippen molar-refractivity contribution in [2.24, 2.45) is 18.9 Å². The molecule has 1 heterocycles. The average molecular weight is 207 g/mol. The van der Waals surface area contributed by atoms with Crippen LogP contribution in [0.5, 0.6) is 0 Å². The summed E-state index contributed by atoms with van der Waals surface area (Å²) in [5, 5.41) is 7.64. The maximum atomic E-state index is 4.19. The van der Waals surface area contributed by atoms with Gasteiger partial charge in [-0.1, -0.05) is 6.92 Å². The van der Waals surface area contributed by atoms with Crippen molar-refractivity contribution in [3.63, 3.8) is 0 Å². The lowest BCUT2D eigenvalue weighted by Crippen LogP contribution is -2.28. The maximum Gasteiger partial charge on any atom is 0.0521 e. The average Bonchev–Trinajstić information content (AvgIpc) is 2.76. The molecular formula is C12H21N3. The maximum absolute atomic E-state index is 4.19. The van der Waals surface area contributed by atoms with E-state index in [9.17, 15) is 0 Å². The normalized spacial score (nSPS) is 26.6. The molecular weight excluding hydrogens is 186 g/mol. The van der Waals surface area contributed by atoms with Crippen molar-refractivity contribution in [1.82, 2.24) is 15.1 Å². The summed E-state index contributed by atoms with van der Waals surface area (Å²) in [7, 11) is 4.06. The molecule has 0 amide bonds. The van der Waals surface area contributed by atoms with Gasteiger partial charge in [0.05, 0.1) is 6.20 Å². The van der Waals surface area contributed by atoms with Crippen molar-refractivity contribution >= 4 is 0 Å². The lowest BCUT2D eigenvalue weighted by molar-refractivity contribution is 0.452. The largest absolute Gasteiger partial charge is 0.317 e. The highest BCUT2D eigenvalue weighted by atomic mass is 15.2. The quantitative estimate of drug-likeness (QED) is 0.794. The molecule has 0 bridgehead atoms. The summed E-state index contributed by atoms with van der Waals surface area (Å²) in [6.45, 7) is 2.35. The van der Waals surface area contributed by atoms with E-state index in [-0.39, 0.29) is 0 Å². The molecule has 0 radical (unpaired) electrons. The zero-order valence-electron chi connectivity index (χ0n) is 9.90. The second-order valence-corrected chi connectivity index (χ2v) is 4.83. The first-order valence-corrected chi connectivity index (χ1v) is 5.85. The molecule has 0 saturated heterocycles. The topological polar surface area (TPSA) is 29.9 Å². The molecule has 1 aromatic heterocycles. The number of aromatic nitrogens is 2. The van der Waals surface area contributed by atoms with E-state index >= 15 is 0 Å². The fourth-order valence-electron chi connectivity index (χ4n) is 2.41. The van der Waals surface area contributed by atoms with Gasteiger partial charge in [-0.2, -0.15) is 5.10 Å². The fourth-order valence-corrected chi connectivity index (χ4v) is 2.41. The molecule has 2 rings (SSSR count). The van der Waals surface area contributed by atoms with Gasteiger partial charge in [0.1, 0.15) is 0 Å². The minimum absolute atomic E-state index is 0.695. The molecule has 3 nitrogen and oxygen atoms in total. The number of rotatable bonds is 5. The molecule has 1 fully saturated rings. The van der Waals surface area contributed by atoms with E-state index in [1.54, 1.807) is 0 Å². The third-order valence-electron chi connectivity index (χ3n) is 3.56. The van der Waals surface area contributed by atoms with Gasteiger partial charge in [0.2, 0.25) is 0 Å². The molecule has 1 N–H and O–H groups in total. The molecule has 84 valence electrons. The van der Waals surface area contributed by atoms with E-state index in [1.807, 2.05) is 17.9 Å². The summed E-state index contributed by atoms with van der Waals surface area (Å²) in [6.07, 6.45) is 7.87. The highest BCUT2D eigenvalue weighted by Crippen LogP contribution is 2.41. The van der Waals surface area contributed by atoms with Gasteiger partial charge in [0.25, 0.3) is 0 Å². The predicted molar refractivity (Wildman–Crippen MR) is 61.6 cm³/mol.